The molecule has 0 aliphatic carbocycles. The van der Waals surface area contributed by atoms with Gasteiger partial charge in [-0.1, -0.05) is 42.5 Å². The van der Waals surface area contributed by atoms with Crippen molar-refractivity contribution in [2.24, 2.45) is 5.73 Å². The lowest BCUT2D eigenvalue weighted by Crippen LogP contribution is -2.41. The van der Waals surface area contributed by atoms with Gasteiger partial charge >= 0.3 is 0 Å². The van der Waals surface area contributed by atoms with Crippen LogP contribution in [0.1, 0.15) is 24.4 Å². The van der Waals surface area contributed by atoms with E-state index in [0.717, 1.165) is 13.0 Å². The molecule has 3 unspecified atom stereocenters. The second-order valence-corrected chi connectivity index (χ2v) is 6.62. The Morgan fingerprint density at radius 1 is 1.43 bits per heavy atom. The molecule has 1 aromatic carbocycles. The summed E-state index contributed by atoms with van der Waals surface area (Å²) in [5.41, 5.74) is 7.02. The molecular weight excluding hydrogens is 282 g/mol. The minimum absolute atomic E-state index is 0.144. The highest BCUT2D eigenvalue weighted by molar-refractivity contribution is 7.80. The van der Waals surface area contributed by atoms with Crippen molar-refractivity contribution in [3.63, 3.8) is 0 Å². The predicted molar refractivity (Wildman–Crippen MR) is 90.3 cm³/mol. The summed E-state index contributed by atoms with van der Waals surface area (Å²) in [5.74, 6) is 0. The number of nitrogens with zero attached hydrogens (tertiary/aromatic N) is 2. The highest BCUT2D eigenvalue weighted by Crippen LogP contribution is 2.32. The fraction of sp³-hybridized carbons (Fsp3) is 0.562. The van der Waals surface area contributed by atoms with Crippen LogP contribution in [0.25, 0.3) is 0 Å². The largest absolute Gasteiger partial charge is 0.393 e. The van der Waals surface area contributed by atoms with Crippen LogP contribution in [-0.2, 0) is 0 Å². The van der Waals surface area contributed by atoms with E-state index in [9.17, 15) is 5.11 Å². The van der Waals surface area contributed by atoms with Crippen LogP contribution >= 0.6 is 12.2 Å². The van der Waals surface area contributed by atoms with Crippen LogP contribution in [0.2, 0.25) is 0 Å². The van der Waals surface area contributed by atoms with Gasteiger partial charge in [0, 0.05) is 31.6 Å². The van der Waals surface area contributed by atoms with Crippen molar-refractivity contribution < 1.29 is 5.11 Å². The summed E-state index contributed by atoms with van der Waals surface area (Å²) in [6, 6.07) is 10.8. The van der Waals surface area contributed by atoms with Gasteiger partial charge in [0.05, 0.1) is 11.1 Å². The van der Waals surface area contributed by atoms with Crippen LogP contribution in [0.3, 0.4) is 0 Å². The lowest BCUT2D eigenvalue weighted by atomic mass is 10.0. The molecule has 5 heteroatoms. The summed E-state index contributed by atoms with van der Waals surface area (Å²) in [7, 11) is 4.13. The number of hydrogen-bond acceptors (Lipinski definition) is 4. The molecule has 0 bridgehead atoms. The number of aliphatic hydroxyl groups is 1. The molecule has 1 heterocycles. The smallest absolute Gasteiger partial charge is 0.0746 e. The van der Waals surface area contributed by atoms with Gasteiger partial charge in [0.2, 0.25) is 0 Å². The minimum atomic E-state index is -0.271. The standard InChI is InChI=1S/C16H25N3OS/c1-18(2)10-13-8-14(20)11-19(13)15(9-16(17)21)12-6-4-3-5-7-12/h3-7,13-15,20H,8-11H2,1-2H3,(H2,17,21). The number of aliphatic hydroxyl groups excluding tert-OH is 1. The molecule has 4 nitrogen and oxygen atoms in total. The first-order chi connectivity index (χ1) is 9.97. The number of rotatable bonds is 6. The van der Waals surface area contributed by atoms with E-state index in [1.165, 1.54) is 5.56 Å². The van der Waals surface area contributed by atoms with Crippen molar-refractivity contribution in [3.05, 3.63) is 35.9 Å². The van der Waals surface area contributed by atoms with Crippen molar-refractivity contribution in [1.29, 1.82) is 0 Å². The number of thiocarbonyl (C=S) groups is 1. The maximum Gasteiger partial charge on any atom is 0.0746 e. The molecule has 0 radical (unpaired) electrons. The Hall–Kier alpha value is -1.01. The third-order valence-corrected chi connectivity index (χ3v) is 4.16. The predicted octanol–water partition coefficient (Wildman–Crippen LogP) is 1.40. The van der Waals surface area contributed by atoms with Gasteiger partial charge in [-0.2, -0.15) is 0 Å². The lowest BCUT2D eigenvalue weighted by molar-refractivity contribution is 0.138. The van der Waals surface area contributed by atoms with Crippen molar-refractivity contribution >= 4 is 17.2 Å². The molecule has 1 aliphatic heterocycles. The molecule has 0 saturated carbocycles. The second kappa shape index (κ2) is 7.31. The van der Waals surface area contributed by atoms with Crippen molar-refractivity contribution in [2.45, 2.75) is 31.0 Å². The van der Waals surface area contributed by atoms with E-state index in [4.69, 9.17) is 18.0 Å². The van der Waals surface area contributed by atoms with Crippen LogP contribution in [-0.4, -0.2) is 59.2 Å². The van der Waals surface area contributed by atoms with E-state index in [1.54, 1.807) is 0 Å². The third kappa shape index (κ3) is 4.48. The topological polar surface area (TPSA) is 52.7 Å². The summed E-state index contributed by atoms with van der Waals surface area (Å²) >= 11 is 5.14. The number of likely N-dealkylation sites (tertiary alicyclic amines) is 1. The SMILES string of the molecule is CN(C)CC1CC(O)CN1C(CC(N)=S)c1ccccc1. The molecule has 3 atom stereocenters. The van der Waals surface area contributed by atoms with Gasteiger partial charge < -0.3 is 15.7 Å². The molecule has 0 spiro atoms. The zero-order chi connectivity index (χ0) is 15.4. The molecule has 21 heavy (non-hydrogen) atoms. The Kier molecular flexibility index (Phi) is 5.70. The Morgan fingerprint density at radius 3 is 2.67 bits per heavy atom. The number of benzene rings is 1. The summed E-state index contributed by atoms with van der Waals surface area (Å²) in [4.78, 5) is 5.05. The quantitative estimate of drug-likeness (QED) is 0.778. The Balaban J connectivity index is 2.24. The van der Waals surface area contributed by atoms with E-state index in [1.807, 2.05) is 18.2 Å². The fourth-order valence-corrected chi connectivity index (χ4v) is 3.35. The normalized spacial score (nSPS) is 24.4. The molecule has 1 saturated heterocycles. The van der Waals surface area contributed by atoms with Crippen LogP contribution in [0.5, 0.6) is 0 Å². The van der Waals surface area contributed by atoms with Crippen molar-refractivity contribution in [2.75, 3.05) is 27.2 Å². The first kappa shape index (κ1) is 16.4. The summed E-state index contributed by atoms with van der Waals surface area (Å²) in [6.07, 6.45) is 1.18. The minimum Gasteiger partial charge on any atom is -0.393 e. The average Bonchev–Trinajstić information content (AvgIpc) is 2.76. The molecular formula is C16H25N3OS. The molecule has 1 fully saturated rings. The molecule has 116 valence electrons. The summed E-state index contributed by atoms with van der Waals surface area (Å²) in [6.45, 7) is 1.61. The third-order valence-electron chi connectivity index (χ3n) is 3.99. The van der Waals surface area contributed by atoms with Gasteiger partial charge in [-0.05, 0) is 26.1 Å². The van der Waals surface area contributed by atoms with Crippen LogP contribution in [0.15, 0.2) is 30.3 Å². The van der Waals surface area contributed by atoms with Crippen LogP contribution in [0.4, 0.5) is 0 Å². The Labute approximate surface area is 132 Å². The molecule has 0 amide bonds. The second-order valence-electron chi connectivity index (χ2n) is 6.10. The van der Waals surface area contributed by atoms with Crippen molar-refractivity contribution in [3.8, 4) is 0 Å². The maximum atomic E-state index is 10.1. The molecule has 1 aromatic rings. The molecule has 1 aliphatic rings. The van der Waals surface area contributed by atoms with Gasteiger partial charge in [0.1, 0.15) is 0 Å². The molecule has 2 rings (SSSR count). The number of β-amino-alcohol motifs (C(OH)–C–C–N with tert-alkyl or cyclic N) is 1. The number of nitrogens with two attached hydrogens (primary N) is 1. The number of likely N-dealkylation sites (N-methyl/N-ethyl adjacent to an activating group) is 1. The Bertz CT molecular complexity index is 466. The van der Waals surface area contributed by atoms with E-state index in [-0.39, 0.29) is 12.1 Å². The van der Waals surface area contributed by atoms with Gasteiger partial charge in [-0.15, -0.1) is 0 Å². The van der Waals surface area contributed by atoms with Crippen LogP contribution < -0.4 is 5.73 Å². The van der Waals surface area contributed by atoms with E-state index >= 15 is 0 Å². The zero-order valence-electron chi connectivity index (χ0n) is 12.8. The maximum absolute atomic E-state index is 10.1. The van der Waals surface area contributed by atoms with E-state index in [0.29, 0.717) is 24.0 Å². The fourth-order valence-electron chi connectivity index (χ4n) is 3.19. The molecule has 3 N–H and O–H groups in total. The van der Waals surface area contributed by atoms with Gasteiger partial charge in [0.15, 0.2) is 0 Å². The van der Waals surface area contributed by atoms with E-state index in [2.05, 4.69) is 36.0 Å². The van der Waals surface area contributed by atoms with Gasteiger partial charge in [-0.25, -0.2) is 0 Å². The van der Waals surface area contributed by atoms with E-state index < -0.39 is 0 Å². The van der Waals surface area contributed by atoms with Crippen molar-refractivity contribution in [1.82, 2.24) is 9.80 Å². The molecule has 0 aromatic heterocycles. The first-order valence-electron chi connectivity index (χ1n) is 7.39. The lowest BCUT2D eigenvalue weighted by Gasteiger charge is -2.34. The van der Waals surface area contributed by atoms with Gasteiger partial charge in [-0.3, -0.25) is 4.90 Å². The first-order valence-corrected chi connectivity index (χ1v) is 7.80. The number of hydrogen-bond donors (Lipinski definition) is 2. The van der Waals surface area contributed by atoms with Gasteiger partial charge in [0.25, 0.3) is 0 Å². The highest BCUT2D eigenvalue weighted by atomic mass is 32.1. The highest BCUT2D eigenvalue weighted by Gasteiger charge is 2.36. The Morgan fingerprint density at radius 2 is 2.10 bits per heavy atom. The monoisotopic (exact) mass is 307 g/mol. The van der Waals surface area contributed by atoms with Crippen LogP contribution in [0, 0.1) is 0 Å². The summed E-state index contributed by atoms with van der Waals surface area (Å²) < 4.78 is 0. The zero-order valence-corrected chi connectivity index (χ0v) is 13.6. The average molecular weight is 307 g/mol. The summed E-state index contributed by atoms with van der Waals surface area (Å²) in [5, 5.41) is 10.1.